The van der Waals surface area contributed by atoms with Gasteiger partial charge in [0.25, 0.3) is 11.8 Å². The molecule has 0 fully saturated rings. The molecule has 40 heavy (non-hydrogen) atoms. The van der Waals surface area contributed by atoms with Crippen molar-refractivity contribution in [3.05, 3.63) is 71.0 Å². The van der Waals surface area contributed by atoms with Crippen LogP contribution in [0.25, 0.3) is 0 Å². The van der Waals surface area contributed by atoms with Gasteiger partial charge in [-0.25, -0.2) is 0 Å². The second kappa shape index (κ2) is 16.3. The first-order valence-corrected chi connectivity index (χ1v) is 13.7. The summed E-state index contributed by atoms with van der Waals surface area (Å²) in [4.78, 5) is 40.5. The second-order valence-electron chi connectivity index (χ2n) is 9.92. The number of nitrogens with one attached hydrogen (secondary N) is 1. The second-order valence-corrected chi connectivity index (χ2v) is 9.92. The Morgan fingerprint density at radius 3 is 2.35 bits per heavy atom. The van der Waals surface area contributed by atoms with E-state index in [9.17, 15) is 29.7 Å². The Morgan fingerprint density at radius 2 is 1.73 bits per heavy atom. The molecular formula is C31H41N3O6. The number of aliphatic hydroxyl groups excluding tert-OH is 3. The normalized spacial score (nSPS) is 16.7. The highest BCUT2D eigenvalue weighted by molar-refractivity contribution is 6.04. The fraction of sp³-hybridized carbons (Fsp3) is 0.452. The monoisotopic (exact) mass is 551 g/mol. The average Bonchev–Trinajstić information content (AvgIpc) is 3.14. The van der Waals surface area contributed by atoms with E-state index in [-0.39, 0.29) is 47.1 Å². The molecule has 0 aromatic heterocycles. The smallest absolute Gasteiger partial charge is 0.253 e. The summed E-state index contributed by atoms with van der Waals surface area (Å²) >= 11 is 0. The number of nitrogens with two attached hydrogens (primary N) is 1. The van der Waals surface area contributed by atoms with Crippen LogP contribution >= 0.6 is 0 Å². The Morgan fingerprint density at radius 1 is 1.07 bits per heavy atom. The number of carbonyl (C=O) groups is 3. The minimum Gasteiger partial charge on any atom is -0.508 e. The molecule has 4 unspecified atom stereocenters. The van der Waals surface area contributed by atoms with Gasteiger partial charge in [0.2, 0.25) is 5.91 Å². The van der Waals surface area contributed by atoms with Gasteiger partial charge in [0.15, 0.2) is 0 Å². The minimum absolute atomic E-state index is 0.00606. The van der Waals surface area contributed by atoms with Crippen molar-refractivity contribution >= 4 is 17.7 Å². The van der Waals surface area contributed by atoms with Crippen LogP contribution in [0, 0.1) is 18.3 Å². The van der Waals surface area contributed by atoms with Crippen LogP contribution in [0.2, 0.25) is 0 Å². The van der Waals surface area contributed by atoms with Crippen molar-refractivity contribution in [1.82, 2.24) is 10.2 Å². The van der Waals surface area contributed by atoms with Gasteiger partial charge in [0.1, 0.15) is 11.9 Å². The number of rotatable bonds is 15. The number of aliphatic hydroxyl groups is 3. The molecule has 9 heteroatoms. The number of terminal acetylenes is 1. The predicted molar refractivity (Wildman–Crippen MR) is 154 cm³/mol. The van der Waals surface area contributed by atoms with Gasteiger partial charge in [-0.3, -0.25) is 14.4 Å². The lowest BCUT2D eigenvalue weighted by Crippen LogP contribution is -2.49. The molecule has 0 saturated heterocycles. The Hall–Kier alpha value is -3.87. The lowest BCUT2D eigenvalue weighted by molar-refractivity contribution is -0.0107. The number of nitrogens with zero attached hydrogens (tertiary/aromatic N) is 1. The fourth-order valence-corrected chi connectivity index (χ4v) is 4.54. The highest BCUT2D eigenvalue weighted by Crippen LogP contribution is 2.21. The zero-order valence-corrected chi connectivity index (χ0v) is 23.3. The van der Waals surface area contributed by atoms with Gasteiger partial charge in [-0.1, -0.05) is 32.1 Å². The summed E-state index contributed by atoms with van der Waals surface area (Å²) < 4.78 is 0. The van der Waals surface area contributed by atoms with Crippen LogP contribution in [0.1, 0.15) is 83.4 Å². The van der Waals surface area contributed by atoms with Gasteiger partial charge < -0.3 is 31.3 Å². The van der Waals surface area contributed by atoms with Crippen molar-refractivity contribution in [1.29, 1.82) is 0 Å². The Labute approximate surface area is 236 Å². The molecule has 1 aromatic rings. The van der Waals surface area contributed by atoms with Crippen LogP contribution in [0.5, 0.6) is 0 Å². The molecule has 4 atom stereocenters. The quantitative estimate of drug-likeness (QED) is 0.167. The number of benzene rings is 1. The summed E-state index contributed by atoms with van der Waals surface area (Å²) in [6, 6.07) is 3.17. The molecule has 2 rings (SSSR count). The number of hydrogen-bond donors (Lipinski definition) is 5. The van der Waals surface area contributed by atoms with E-state index in [1.165, 1.54) is 30.4 Å². The zero-order chi connectivity index (χ0) is 29.7. The fourth-order valence-electron chi connectivity index (χ4n) is 4.54. The summed E-state index contributed by atoms with van der Waals surface area (Å²) in [7, 11) is 0. The maximum atomic E-state index is 13.5. The van der Waals surface area contributed by atoms with Crippen LogP contribution < -0.4 is 11.1 Å². The Kier molecular flexibility index (Phi) is 13.2. The van der Waals surface area contributed by atoms with Crippen LogP contribution in [-0.2, 0) is 0 Å². The summed E-state index contributed by atoms with van der Waals surface area (Å²) in [5.74, 6) is 0.538. The van der Waals surface area contributed by atoms with Crippen molar-refractivity contribution in [2.45, 2.75) is 70.6 Å². The minimum atomic E-state index is -1.33. The molecule has 1 aromatic carbocycles. The average molecular weight is 552 g/mol. The van der Waals surface area contributed by atoms with Crippen molar-refractivity contribution in [2.75, 3.05) is 13.1 Å². The van der Waals surface area contributed by atoms with Gasteiger partial charge >= 0.3 is 0 Å². The van der Waals surface area contributed by atoms with Gasteiger partial charge in [-0.2, -0.15) is 0 Å². The molecule has 0 saturated carbocycles. The van der Waals surface area contributed by atoms with Crippen LogP contribution in [-0.4, -0.2) is 69.3 Å². The SMILES string of the molecule is C#CCCCC(O)C(O)C(CC1C=CC=C(O)C=C1)NC(=O)c1cc(C(N)=O)cc(C(=O)N(CCC)CCC)c1. The van der Waals surface area contributed by atoms with Crippen molar-refractivity contribution in [2.24, 2.45) is 11.7 Å². The highest BCUT2D eigenvalue weighted by Gasteiger charge is 2.30. The first-order valence-electron chi connectivity index (χ1n) is 13.7. The topological polar surface area (TPSA) is 153 Å². The predicted octanol–water partition coefficient (Wildman–Crippen LogP) is 3.25. The molecule has 0 bridgehead atoms. The van der Waals surface area contributed by atoms with E-state index >= 15 is 0 Å². The van der Waals surface area contributed by atoms with E-state index in [4.69, 9.17) is 12.2 Å². The molecule has 0 radical (unpaired) electrons. The molecule has 3 amide bonds. The first-order chi connectivity index (χ1) is 19.1. The number of allylic oxidation sites excluding steroid dienone is 5. The summed E-state index contributed by atoms with van der Waals surface area (Å²) in [6.45, 7) is 4.95. The Balaban J connectivity index is 2.39. The molecule has 0 spiro atoms. The summed E-state index contributed by atoms with van der Waals surface area (Å²) in [5.41, 5.74) is 5.71. The standard InChI is InChI=1S/C31H41N3O6/c1-4-7-8-12-27(36)28(37)26(17-21-10-9-11-25(35)14-13-21)33-30(39)23-18-22(29(32)38)19-24(20-23)31(40)34(15-5-2)16-6-3/h1,9-11,13-14,18-21,26-28,35-37H,5-8,12,15-17H2,2-3H3,(H2,32,38)(H,33,39). The van der Waals surface area contributed by atoms with E-state index in [0.717, 1.165) is 12.8 Å². The van der Waals surface area contributed by atoms with Crippen molar-refractivity contribution in [3.63, 3.8) is 0 Å². The van der Waals surface area contributed by atoms with Crippen LogP contribution in [0.4, 0.5) is 0 Å². The van der Waals surface area contributed by atoms with Gasteiger partial charge in [0, 0.05) is 36.2 Å². The largest absolute Gasteiger partial charge is 0.508 e. The van der Waals surface area contributed by atoms with E-state index in [0.29, 0.717) is 25.9 Å². The van der Waals surface area contributed by atoms with E-state index < -0.39 is 30.1 Å². The number of amides is 3. The third-order valence-corrected chi connectivity index (χ3v) is 6.61. The summed E-state index contributed by atoms with van der Waals surface area (Å²) in [5, 5.41) is 34.3. The molecule has 1 aliphatic carbocycles. The highest BCUT2D eigenvalue weighted by atomic mass is 16.3. The van der Waals surface area contributed by atoms with Gasteiger partial charge in [0.05, 0.1) is 12.1 Å². The van der Waals surface area contributed by atoms with Crippen molar-refractivity contribution in [3.8, 4) is 12.3 Å². The Bertz CT molecular complexity index is 1160. The lowest BCUT2D eigenvalue weighted by Gasteiger charge is -2.29. The molecular weight excluding hydrogens is 510 g/mol. The third-order valence-electron chi connectivity index (χ3n) is 6.61. The molecule has 0 heterocycles. The first kappa shape index (κ1) is 32.3. The van der Waals surface area contributed by atoms with Gasteiger partial charge in [-0.05, 0) is 68.4 Å². The zero-order valence-electron chi connectivity index (χ0n) is 23.3. The maximum Gasteiger partial charge on any atom is 0.253 e. The van der Waals surface area contributed by atoms with E-state index in [1.807, 2.05) is 13.8 Å². The lowest BCUT2D eigenvalue weighted by atomic mass is 9.91. The molecule has 0 aliphatic heterocycles. The van der Waals surface area contributed by atoms with Crippen molar-refractivity contribution < 1.29 is 29.7 Å². The number of primary amides is 1. The molecule has 216 valence electrons. The molecule has 1 aliphatic rings. The van der Waals surface area contributed by atoms with Crippen LogP contribution in [0.15, 0.2) is 54.3 Å². The summed E-state index contributed by atoms with van der Waals surface area (Å²) in [6.07, 6.45) is 13.9. The number of unbranched alkanes of at least 4 members (excludes halogenated alkanes) is 1. The van der Waals surface area contributed by atoms with E-state index in [1.54, 1.807) is 23.1 Å². The van der Waals surface area contributed by atoms with E-state index in [2.05, 4.69) is 11.2 Å². The maximum absolute atomic E-state index is 13.5. The molecule has 9 nitrogen and oxygen atoms in total. The van der Waals surface area contributed by atoms with Crippen LogP contribution in [0.3, 0.4) is 0 Å². The number of carbonyl (C=O) groups excluding carboxylic acids is 3. The number of hydrogen-bond acceptors (Lipinski definition) is 6. The third kappa shape index (κ3) is 9.70. The van der Waals surface area contributed by atoms with Gasteiger partial charge in [-0.15, -0.1) is 12.3 Å². The molecule has 6 N–H and O–H groups in total.